The molecular formula is C20H20N2O2. The molecule has 0 spiro atoms. The fraction of sp³-hybridized carbons (Fsp3) is 0.300. The first-order chi connectivity index (χ1) is 11.7. The van der Waals surface area contributed by atoms with Crippen LogP contribution in [0.5, 0.6) is 0 Å². The van der Waals surface area contributed by atoms with Gasteiger partial charge in [-0.1, -0.05) is 36.4 Å². The predicted molar refractivity (Wildman–Crippen MR) is 93.6 cm³/mol. The summed E-state index contributed by atoms with van der Waals surface area (Å²) in [6.07, 6.45) is 4.59. The Bertz CT molecular complexity index is 838. The summed E-state index contributed by atoms with van der Waals surface area (Å²) in [6, 6.07) is 15.3. The molecule has 0 aliphatic carbocycles. The quantitative estimate of drug-likeness (QED) is 0.798. The third-order valence-electron chi connectivity index (χ3n) is 5.01. The zero-order valence-electron chi connectivity index (χ0n) is 13.5. The molecule has 1 amide bonds. The number of piperidine rings is 1. The number of fused-ring (bicyclic) bond motifs is 4. The van der Waals surface area contributed by atoms with Gasteiger partial charge in [-0.2, -0.15) is 0 Å². The van der Waals surface area contributed by atoms with E-state index >= 15 is 0 Å². The Kier molecular flexibility index (Phi) is 3.81. The van der Waals surface area contributed by atoms with Crippen LogP contribution in [0.3, 0.4) is 0 Å². The SMILES string of the molecule is O=C(C=Cc1ccccc1)N1C[C@@H]2C[C@@H](C1)c1cccc(=O)n1C2. The molecule has 0 saturated carbocycles. The van der Waals surface area contributed by atoms with Crippen LogP contribution in [0.2, 0.25) is 0 Å². The van der Waals surface area contributed by atoms with Crippen LogP contribution in [0.1, 0.15) is 23.6 Å². The second kappa shape index (κ2) is 6.11. The van der Waals surface area contributed by atoms with Crippen LogP contribution in [-0.2, 0) is 11.3 Å². The molecule has 1 aromatic heterocycles. The van der Waals surface area contributed by atoms with Crippen molar-refractivity contribution in [3.63, 3.8) is 0 Å². The van der Waals surface area contributed by atoms with Crippen molar-refractivity contribution in [2.75, 3.05) is 13.1 Å². The van der Waals surface area contributed by atoms with Gasteiger partial charge in [0, 0.05) is 43.4 Å². The number of likely N-dealkylation sites (tertiary alicyclic amines) is 1. The third kappa shape index (κ3) is 2.80. The first-order valence-corrected chi connectivity index (χ1v) is 8.42. The predicted octanol–water partition coefficient (Wildman–Crippen LogP) is 2.51. The standard InChI is InChI=1S/C20H20N2O2/c23-19(10-9-15-5-2-1-3-6-15)21-12-16-11-17(14-21)18-7-4-8-20(24)22(18)13-16/h1-10,16-17H,11-14H2/t16-,17-/m0/s1. The lowest BCUT2D eigenvalue weighted by Crippen LogP contribution is -2.48. The Morgan fingerprint density at radius 2 is 1.83 bits per heavy atom. The molecule has 1 fully saturated rings. The largest absolute Gasteiger partial charge is 0.338 e. The number of benzene rings is 1. The smallest absolute Gasteiger partial charge is 0.250 e. The van der Waals surface area contributed by atoms with Crippen molar-refractivity contribution >= 4 is 12.0 Å². The summed E-state index contributed by atoms with van der Waals surface area (Å²) < 4.78 is 1.89. The summed E-state index contributed by atoms with van der Waals surface area (Å²) in [5.41, 5.74) is 2.18. The lowest BCUT2D eigenvalue weighted by atomic mass is 9.83. The second-order valence-electron chi connectivity index (χ2n) is 6.69. The number of hydrogen-bond acceptors (Lipinski definition) is 2. The van der Waals surface area contributed by atoms with Crippen molar-refractivity contribution in [3.8, 4) is 0 Å². The van der Waals surface area contributed by atoms with Gasteiger partial charge in [-0.15, -0.1) is 0 Å². The van der Waals surface area contributed by atoms with E-state index in [9.17, 15) is 9.59 Å². The minimum absolute atomic E-state index is 0.0558. The molecule has 1 aromatic carbocycles. The fourth-order valence-corrected chi connectivity index (χ4v) is 3.91. The first-order valence-electron chi connectivity index (χ1n) is 8.42. The Morgan fingerprint density at radius 1 is 1.00 bits per heavy atom. The Morgan fingerprint density at radius 3 is 2.67 bits per heavy atom. The highest BCUT2D eigenvalue weighted by Crippen LogP contribution is 2.34. The van der Waals surface area contributed by atoms with Crippen LogP contribution in [-0.4, -0.2) is 28.5 Å². The summed E-state index contributed by atoms with van der Waals surface area (Å²) >= 11 is 0. The molecule has 4 nitrogen and oxygen atoms in total. The van der Waals surface area contributed by atoms with E-state index in [0.29, 0.717) is 12.5 Å². The maximum absolute atomic E-state index is 12.6. The number of carbonyl (C=O) groups excluding carboxylic acids is 1. The lowest BCUT2D eigenvalue weighted by Gasteiger charge is -2.42. The third-order valence-corrected chi connectivity index (χ3v) is 5.01. The van der Waals surface area contributed by atoms with Gasteiger partial charge in [0.1, 0.15) is 0 Å². The van der Waals surface area contributed by atoms with Crippen molar-refractivity contribution < 1.29 is 4.79 Å². The number of carbonyl (C=O) groups is 1. The van der Waals surface area contributed by atoms with Crippen LogP contribution in [0.25, 0.3) is 6.08 Å². The van der Waals surface area contributed by atoms with E-state index in [1.165, 1.54) is 0 Å². The van der Waals surface area contributed by atoms with Gasteiger partial charge in [-0.25, -0.2) is 0 Å². The molecule has 1 saturated heterocycles. The molecule has 2 aliphatic heterocycles. The van der Waals surface area contributed by atoms with Gasteiger partial charge in [0.25, 0.3) is 5.56 Å². The van der Waals surface area contributed by atoms with E-state index in [-0.39, 0.29) is 17.4 Å². The van der Waals surface area contributed by atoms with Crippen LogP contribution in [0.15, 0.2) is 59.4 Å². The van der Waals surface area contributed by atoms with Gasteiger partial charge in [-0.05, 0) is 30.0 Å². The molecular weight excluding hydrogens is 300 g/mol. The van der Waals surface area contributed by atoms with E-state index in [4.69, 9.17) is 0 Å². The average Bonchev–Trinajstić information content (AvgIpc) is 2.61. The topological polar surface area (TPSA) is 42.3 Å². The van der Waals surface area contributed by atoms with Gasteiger partial charge in [0.15, 0.2) is 0 Å². The maximum Gasteiger partial charge on any atom is 0.250 e. The van der Waals surface area contributed by atoms with Crippen molar-refractivity contribution in [2.45, 2.75) is 18.9 Å². The number of nitrogens with zero attached hydrogens (tertiary/aromatic N) is 2. The highest BCUT2D eigenvalue weighted by Gasteiger charge is 2.35. The fourth-order valence-electron chi connectivity index (χ4n) is 3.91. The summed E-state index contributed by atoms with van der Waals surface area (Å²) in [6.45, 7) is 2.14. The Hall–Kier alpha value is -2.62. The van der Waals surface area contributed by atoms with Crippen LogP contribution < -0.4 is 5.56 Å². The molecule has 24 heavy (non-hydrogen) atoms. The number of pyridine rings is 1. The molecule has 2 atom stereocenters. The lowest BCUT2D eigenvalue weighted by molar-refractivity contribution is -0.128. The average molecular weight is 320 g/mol. The summed E-state index contributed by atoms with van der Waals surface area (Å²) in [7, 11) is 0. The molecule has 3 heterocycles. The summed E-state index contributed by atoms with van der Waals surface area (Å²) in [5, 5.41) is 0. The highest BCUT2D eigenvalue weighted by atomic mass is 16.2. The zero-order chi connectivity index (χ0) is 16.5. The van der Waals surface area contributed by atoms with E-state index in [0.717, 1.165) is 30.8 Å². The highest BCUT2D eigenvalue weighted by molar-refractivity contribution is 5.91. The molecule has 2 aliphatic rings. The summed E-state index contributed by atoms with van der Waals surface area (Å²) in [5.74, 6) is 0.686. The minimum Gasteiger partial charge on any atom is -0.338 e. The van der Waals surface area contributed by atoms with E-state index in [1.807, 2.05) is 58.0 Å². The van der Waals surface area contributed by atoms with Gasteiger partial charge < -0.3 is 9.47 Å². The molecule has 122 valence electrons. The zero-order valence-corrected chi connectivity index (χ0v) is 13.5. The molecule has 0 radical (unpaired) electrons. The van der Waals surface area contributed by atoms with Crippen molar-refractivity contribution in [3.05, 3.63) is 76.2 Å². The van der Waals surface area contributed by atoms with Crippen molar-refractivity contribution in [2.24, 2.45) is 5.92 Å². The number of amides is 1. The molecule has 2 aromatic rings. The Balaban J connectivity index is 1.53. The number of hydrogen-bond donors (Lipinski definition) is 0. The van der Waals surface area contributed by atoms with Gasteiger partial charge in [-0.3, -0.25) is 9.59 Å². The van der Waals surface area contributed by atoms with E-state index < -0.39 is 0 Å². The van der Waals surface area contributed by atoms with E-state index in [2.05, 4.69) is 0 Å². The van der Waals surface area contributed by atoms with Crippen molar-refractivity contribution in [1.82, 2.24) is 9.47 Å². The van der Waals surface area contributed by atoms with Gasteiger partial charge in [0.2, 0.25) is 5.91 Å². The normalized spacial score (nSPS) is 22.4. The number of rotatable bonds is 2. The molecule has 0 unspecified atom stereocenters. The minimum atomic E-state index is 0.0558. The van der Waals surface area contributed by atoms with Crippen LogP contribution in [0, 0.1) is 5.92 Å². The van der Waals surface area contributed by atoms with E-state index in [1.54, 1.807) is 12.1 Å². The second-order valence-corrected chi connectivity index (χ2v) is 6.69. The molecule has 4 heteroatoms. The Labute approximate surface area is 141 Å². The first kappa shape index (κ1) is 14.9. The van der Waals surface area contributed by atoms with Crippen LogP contribution in [0.4, 0.5) is 0 Å². The van der Waals surface area contributed by atoms with Crippen molar-refractivity contribution in [1.29, 1.82) is 0 Å². The number of aromatic nitrogens is 1. The molecule has 0 N–H and O–H groups in total. The van der Waals surface area contributed by atoms with Crippen LogP contribution >= 0.6 is 0 Å². The maximum atomic E-state index is 12.6. The van der Waals surface area contributed by atoms with Gasteiger partial charge >= 0.3 is 0 Å². The molecule has 2 bridgehead atoms. The monoisotopic (exact) mass is 320 g/mol. The summed E-state index contributed by atoms with van der Waals surface area (Å²) in [4.78, 5) is 26.5. The molecule has 4 rings (SSSR count). The van der Waals surface area contributed by atoms with Gasteiger partial charge in [0.05, 0.1) is 0 Å².